The van der Waals surface area contributed by atoms with E-state index in [9.17, 15) is 0 Å². The highest BCUT2D eigenvalue weighted by Gasteiger charge is 2.23. The molecule has 0 spiro atoms. The molecule has 1 fully saturated rings. The lowest BCUT2D eigenvalue weighted by Crippen LogP contribution is -2.30. The van der Waals surface area contributed by atoms with Crippen LogP contribution >= 0.6 is 0 Å². The van der Waals surface area contributed by atoms with Gasteiger partial charge in [0.15, 0.2) is 0 Å². The summed E-state index contributed by atoms with van der Waals surface area (Å²) in [7, 11) is 1.69. The van der Waals surface area contributed by atoms with Crippen LogP contribution < -0.4 is 10.1 Å². The van der Waals surface area contributed by atoms with Gasteiger partial charge >= 0.3 is 0 Å². The molecule has 1 unspecified atom stereocenters. The maximum atomic E-state index is 6.19. The zero-order valence-electron chi connectivity index (χ0n) is 12.0. The Morgan fingerprint density at radius 1 is 1.26 bits per heavy atom. The van der Waals surface area contributed by atoms with E-state index in [4.69, 9.17) is 9.47 Å². The first-order chi connectivity index (χ1) is 9.33. The number of ether oxygens (including phenoxy) is 2. The molecular formula is C16H25NO2. The van der Waals surface area contributed by atoms with Crippen LogP contribution in [0.5, 0.6) is 5.75 Å². The highest BCUT2D eigenvalue weighted by Crippen LogP contribution is 2.29. The summed E-state index contributed by atoms with van der Waals surface area (Å²) in [4.78, 5) is 0. The van der Waals surface area contributed by atoms with E-state index < -0.39 is 0 Å². The Hall–Kier alpha value is -1.06. The summed E-state index contributed by atoms with van der Waals surface area (Å²) < 4.78 is 11.4. The fraction of sp³-hybridized carbons (Fsp3) is 0.625. The summed E-state index contributed by atoms with van der Waals surface area (Å²) in [6.45, 7) is 4.11. The first-order valence-corrected chi connectivity index (χ1v) is 7.33. The third kappa shape index (κ3) is 4.22. The number of hydrogen-bond donors (Lipinski definition) is 1. The third-order valence-corrected chi connectivity index (χ3v) is 3.65. The van der Waals surface area contributed by atoms with Crippen molar-refractivity contribution >= 4 is 0 Å². The van der Waals surface area contributed by atoms with E-state index in [0.717, 1.165) is 25.3 Å². The molecule has 0 saturated heterocycles. The molecule has 0 amide bonds. The minimum absolute atomic E-state index is 0.155. The van der Waals surface area contributed by atoms with E-state index in [1.165, 1.54) is 24.8 Å². The van der Waals surface area contributed by atoms with Gasteiger partial charge in [-0.2, -0.15) is 0 Å². The number of methoxy groups -OCH3 is 1. The second kappa shape index (κ2) is 7.51. The highest BCUT2D eigenvalue weighted by atomic mass is 16.5. The van der Waals surface area contributed by atoms with E-state index in [-0.39, 0.29) is 6.10 Å². The molecule has 1 aromatic rings. The average Bonchev–Trinajstić information content (AvgIpc) is 2.41. The number of hydrogen-bond acceptors (Lipinski definition) is 3. The standard InChI is InChI=1S/C16H25NO2/c1-3-11-17-12-16(19-15-5-4-6-15)13-7-9-14(18-2)10-8-13/h7-10,15-17H,3-6,11-12H2,1-2H3. The first kappa shape index (κ1) is 14.4. The van der Waals surface area contributed by atoms with Crippen molar-refractivity contribution in [1.82, 2.24) is 5.32 Å². The van der Waals surface area contributed by atoms with E-state index >= 15 is 0 Å². The Morgan fingerprint density at radius 2 is 2.00 bits per heavy atom. The molecule has 3 nitrogen and oxygen atoms in total. The molecule has 0 bridgehead atoms. The number of rotatable bonds is 8. The Morgan fingerprint density at radius 3 is 2.53 bits per heavy atom. The molecule has 3 heteroatoms. The summed E-state index contributed by atoms with van der Waals surface area (Å²) in [5.74, 6) is 0.896. The van der Waals surface area contributed by atoms with Crippen LogP contribution in [0, 0.1) is 0 Å². The van der Waals surface area contributed by atoms with Crippen LogP contribution in [0.3, 0.4) is 0 Å². The van der Waals surface area contributed by atoms with Gasteiger partial charge in [-0.05, 0) is 49.9 Å². The van der Waals surface area contributed by atoms with Gasteiger partial charge in [-0.1, -0.05) is 19.1 Å². The summed E-state index contributed by atoms with van der Waals surface area (Å²) in [6.07, 6.45) is 5.49. The van der Waals surface area contributed by atoms with E-state index in [1.807, 2.05) is 12.1 Å². The van der Waals surface area contributed by atoms with Gasteiger partial charge in [-0.25, -0.2) is 0 Å². The second-order valence-corrected chi connectivity index (χ2v) is 5.15. The molecule has 106 valence electrons. The van der Waals surface area contributed by atoms with Crippen LogP contribution in [0.2, 0.25) is 0 Å². The van der Waals surface area contributed by atoms with Gasteiger partial charge in [0.05, 0.1) is 19.3 Å². The fourth-order valence-electron chi connectivity index (χ4n) is 2.21. The minimum Gasteiger partial charge on any atom is -0.497 e. The minimum atomic E-state index is 0.155. The van der Waals surface area contributed by atoms with Crippen molar-refractivity contribution in [3.63, 3.8) is 0 Å². The van der Waals surface area contributed by atoms with Crippen LogP contribution in [0.25, 0.3) is 0 Å². The third-order valence-electron chi connectivity index (χ3n) is 3.65. The van der Waals surface area contributed by atoms with Gasteiger partial charge < -0.3 is 14.8 Å². The van der Waals surface area contributed by atoms with Gasteiger partial charge in [0.25, 0.3) is 0 Å². The van der Waals surface area contributed by atoms with Crippen molar-refractivity contribution in [2.24, 2.45) is 0 Å². The van der Waals surface area contributed by atoms with Crippen molar-refractivity contribution in [2.75, 3.05) is 20.2 Å². The van der Waals surface area contributed by atoms with Gasteiger partial charge in [0, 0.05) is 6.54 Å². The largest absolute Gasteiger partial charge is 0.497 e. The lowest BCUT2D eigenvalue weighted by molar-refractivity contribution is -0.0518. The predicted octanol–water partition coefficient (Wildman–Crippen LogP) is 3.31. The van der Waals surface area contributed by atoms with Crippen LogP contribution in [-0.2, 0) is 4.74 Å². The Balaban J connectivity index is 1.96. The molecule has 1 aliphatic rings. The Kier molecular flexibility index (Phi) is 5.67. The number of benzene rings is 1. The lowest BCUT2D eigenvalue weighted by atomic mass is 9.95. The number of nitrogens with one attached hydrogen (secondary N) is 1. The topological polar surface area (TPSA) is 30.5 Å². The molecule has 1 atom stereocenters. The van der Waals surface area contributed by atoms with Crippen molar-refractivity contribution in [3.05, 3.63) is 29.8 Å². The van der Waals surface area contributed by atoms with Gasteiger partial charge in [0.2, 0.25) is 0 Å². The smallest absolute Gasteiger partial charge is 0.118 e. The first-order valence-electron chi connectivity index (χ1n) is 7.33. The molecule has 0 radical (unpaired) electrons. The Bertz CT molecular complexity index is 360. The van der Waals surface area contributed by atoms with Gasteiger partial charge in [-0.3, -0.25) is 0 Å². The quantitative estimate of drug-likeness (QED) is 0.730. The molecule has 0 aliphatic heterocycles. The lowest BCUT2D eigenvalue weighted by Gasteiger charge is -2.31. The Labute approximate surface area is 116 Å². The zero-order chi connectivity index (χ0) is 13.5. The van der Waals surface area contributed by atoms with Crippen LogP contribution in [-0.4, -0.2) is 26.3 Å². The maximum Gasteiger partial charge on any atom is 0.118 e. The summed E-state index contributed by atoms with van der Waals surface area (Å²) in [5, 5.41) is 3.46. The van der Waals surface area contributed by atoms with Crippen LogP contribution in [0.1, 0.15) is 44.3 Å². The molecule has 2 rings (SSSR count). The zero-order valence-corrected chi connectivity index (χ0v) is 12.0. The van der Waals surface area contributed by atoms with Crippen LogP contribution in [0.4, 0.5) is 0 Å². The molecule has 19 heavy (non-hydrogen) atoms. The van der Waals surface area contributed by atoms with Crippen molar-refractivity contribution in [2.45, 2.75) is 44.8 Å². The molecular weight excluding hydrogens is 238 g/mol. The normalized spacial score (nSPS) is 16.9. The predicted molar refractivity (Wildman–Crippen MR) is 77.6 cm³/mol. The fourth-order valence-corrected chi connectivity index (χ4v) is 2.21. The van der Waals surface area contributed by atoms with Crippen molar-refractivity contribution < 1.29 is 9.47 Å². The van der Waals surface area contributed by atoms with Crippen molar-refractivity contribution in [3.8, 4) is 5.75 Å². The average molecular weight is 263 g/mol. The summed E-state index contributed by atoms with van der Waals surface area (Å²) >= 11 is 0. The van der Waals surface area contributed by atoms with E-state index in [0.29, 0.717) is 6.10 Å². The molecule has 0 aromatic heterocycles. The maximum absolute atomic E-state index is 6.19. The van der Waals surface area contributed by atoms with Gasteiger partial charge in [0.1, 0.15) is 5.75 Å². The SMILES string of the molecule is CCCNCC(OC1CCC1)c1ccc(OC)cc1. The summed E-state index contributed by atoms with van der Waals surface area (Å²) in [6, 6.07) is 8.23. The second-order valence-electron chi connectivity index (χ2n) is 5.15. The van der Waals surface area contributed by atoms with E-state index in [1.54, 1.807) is 7.11 Å². The molecule has 0 heterocycles. The molecule has 1 aromatic carbocycles. The summed E-state index contributed by atoms with van der Waals surface area (Å²) in [5.41, 5.74) is 1.23. The highest BCUT2D eigenvalue weighted by molar-refractivity contribution is 5.28. The molecule has 1 aliphatic carbocycles. The van der Waals surface area contributed by atoms with Gasteiger partial charge in [-0.15, -0.1) is 0 Å². The van der Waals surface area contributed by atoms with Crippen LogP contribution in [0.15, 0.2) is 24.3 Å². The van der Waals surface area contributed by atoms with Crippen molar-refractivity contribution in [1.29, 1.82) is 0 Å². The molecule has 1 saturated carbocycles. The monoisotopic (exact) mass is 263 g/mol. The molecule has 1 N–H and O–H groups in total. The van der Waals surface area contributed by atoms with E-state index in [2.05, 4.69) is 24.4 Å².